The van der Waals surface area contributed by atoms with Crippen LogP contribution in [0.5, 0.6) is 0 Å². The van der Waals surface area contributed by atoms with Crippen molar-refractivity contribution in [1.82, 2.24) is 0 Å². The molecular weight excluding hydrogens is 278 g/mol. The van der Waals surface area contributed by atoms with Crippen LogP contribution in [0.2, 0.25) is 0 Å². The monoisotopic (exact) mass is 289 g/mol. The van der Waals surface area contributed by atoms with Gasteiger partial charge < -0.3 is 9.83 Å². The number of ketones is 2. The van der Waals surface area contributed by atoms with E-state index < -0.39 is 11.6 Å². The van der Waals surface area contributed by atoms with Crippen LogP contribution in [0.15, 0.2) is 41.0 Å². The maximum Gasteiger partial charge on any atom is 0.238 e. The minimum atomic E-state index is -0.608. The van der Waals surface area contributed by atoms with Gasteiger partial charge in [0.05, 0.1) is 5.56 Å². The molecule has 0 radical (unpaired) electrons. The highest BCUT2D eigenvalue weighted by Gasteiger charge is 2.36. The number of aryl methyl sites for hydroxylation is 1. The van der Waals surface area contributed by atoms with Gasteiger partial charge in [0.15, 0.2) is 0 Å². The fraction of sp³-hybridized carbons (Fsp3) is 0.0556. The summed E-state index contributed by atoms with van der Waals surface area (Å²) in [5, 5.41) is 9.06. The Labute approximate surface area is 125 Å². The lowest BCUT2D eigenvalue weighted by Crippen LogP contribution is -2.21. The van der Waals surface area contributed by atoms with Gasteiger partial charge in [0.1, 0.15) is 12.0 Å². The first kappa shape index (κ1) is 12.7. The molecule has 0 saturated heterocycles. The van der Waals surface area contributed by atoms with Crippen molar-refractivity contribution in [3.8, 4) is 11.3 Å². The molecule has 1 aliphatic rings. The highest BCUT2D eigenvalue weighted by atomic mass is 16.3. The second-order valence-electron chi connectivity index (χ2n) is 5.36. The molecule has 1 aromatic heterocycles. The normalized spacial score (nSPS) is 13.1. The number of benzene rings is 2. The number of carbonyl (C=O) groups excluding carboxylic acids is 2. The standard InChI is InChI=1S/C18H11NO3/c1-9-3-2-4-12-11(9)5-6-13-15(12)17(21)16(20)14-10(7-19)8-22-18(13)14/h2-8,19H,1H3. The van der Waals surface area contributed by atoms with Crippen LogP contribution in [0.4, 0.5) is 0 Å². The molecule has 0 atom stereocenters. The minimum absolute atomic E-state index is 0.194. The van der Waals surface area contributed by atoms with Crippen molar-refractivity contribution in [2.75, 3.05) is 0 Å². The van der Waals surface area contributed by atoms with Gasteiger partial charge in [0.2, 0.25) is 11.6 Å². The zero-order valence-corrected chi connectivity index (χ0v) is 11.8. The van der Waals surface area contributed by atoms with Crippen LogP contribution in [0.25, 0.3) is 22.1 Å². The number of fused-ring (bicyclic) bond motifs is 5. The average Bonchev–Trinajstić information content (AvgIpc) is 2.96. The molecule has 0 amide bonds. The van der Waals surface area contributed by atoms with Crippen molar-refractivity contribution in [2.45, 2.75) is 6.92 Å². The van der Waals surface area contributed by atoms with E-state index in [4.69, 9.17) is 9.83 Å². The van der Waals surface area contributed by atoms with Crippen molar-refractivity contribution in [1.29, 1.82) is 5.41 Å². The SMILES string of the molecule is Cc1cccc2c3c(ccc12)-c1occ(C=N)c1C(=O)C3=O. The van der Waals surface area contributed by atoms with E-state index in [0.717, 1.165) is 22.6 Å². The van der Waals surface area contributed by atoms with E-state index in [0.29, 0.717) is 22.5 Å². The van der Waals surface area contributed by atoms with Crippen molar-refractivity contribution in [3.63, 3.8) is 0 Å². The topological polar surface area (TPSA) is 71.1 Å². The molecule has 0 fully saturated rings. The summed E-state index contributed by atoms with van der Waals surface area (Å²) in [4.78, 5) is 25.0. The molecule has 0 saturated carbocycles. The summed E-state index contributed by atoms with van der Waals surface area (Å²) in [6.07, 6.45) is 2.38. The first-order valence-electron chi connectivity index (χ1n) is 6.87. The van der Waals surface area contributed by atoms with Crippen LogP contribution >= 0.6 is 0 Å². The van der Waals surface area contributed by atoms with Crippen molar-refractivity contribution >= 4 is 28.6 Å². The smallest absolute Gasteiger partial charge is 0.238 e. The summed E-state index contributed by atoms with van der Waals surface area (Å²) < 4.78 is 5.48. The Bertz CT molecular complexity index is 995. The predicted molar refractivity (Wildman–Crippen MR) is 82.9 cm³/mol. The molecule has 0 bridgehead atoms. The zero-order chi connectivity index (χ0) is 15.4. The number of hydrogen-bond donors (Lipinski definition) is 1. The van der Waals surface area contributed by atoms with Gasteiger partial charge in [-0.1, -0.05) is 24.3 Å². The maximum absolute atomic E-state index is 12.6. The Hall–Kier alpha value is -3.01. The van der Waals surface area contributed by atoms with E-state index in [1.807, 2.05) is 37.3 Å². The third kappa shape index (κ3) is 1.44. The van der Waals surface area contributed by atoms with Gasteiger partial charge in [-0.25, -0.2) is 0 Å². The summed E-state index contributed by atoms with van der Waals surface area (Å²) in [6, 6.07) is 9.43. The lowest BCUT2D eigenvalue weighted by atomic mass is 9.83. The molecule has 3 aromatic rings. The predicted octanol–water partition coefficient (Wildman–Crippen LogP) is 3.78. The number of carbonyl (C=O) groups is 2. The van der Waals surface area contributed by atoms with Gasteiger partial charge >= 0.3 is 0 Å². The van der Waals surface area contributed by atoms with Crippen LogP contribution in [-0.4, -0.2) is 17.8 Å². The minimum Gasteiger partial charge on any atom is -0.463 e. The van der Waals surface area contributed by atoms with Gasteiger partial charge in [-0.3, -0.25) is 9.59 Å². The number of nitrogens with one attached hydrogen (secondary N) is 1. The Balaban J connectivity index is 2.17. The summed E-state index contributed by atoms with van der Waals surface area (Å²) in [5.74, 6) is -0.770. The number of Topliss-reactive ketones (excluding diaryl/α,β-unsaturated/α-hetero) is 2. The number of hydrogen-bond acceptors (Lipinski definition) is 4. The molecule has 1 heterocycles. The molecule has 0 unspecified atom stereocenters. The van der Waals surface area contributed by atoms with Gasteiger partial charge in [-0.15, -0.1) is 0 Å². The molecule has 4 rings (SSSR count). The first-order chi connectivity index (χ1) is 10.6. The third-order valence-corrected chi connectivity index (χ3v) is 4.16. The van der Waals surface area contributed by atoms with Crippen LogP contribution in [0.3, 0.4) is 0 Å². The Morgan fingerprint density at radius 1 is 1.00 bits per heavy atom. The van der Waals surface area contributed by atoms with E-state index in [1.54, 1.807) is 0 Å². The second-order valence-corrected chi connectivity index (χ2v) is 5.36. The highest BCUT2D eigenvalue weighted by Crippen LogP contribution is 2.39. The fourth-order valence-corrected chi connectivity index (χ4v) is 3.09. The molecule has 1 aliphatic carbocycles. The van der Waals surface area contributed by atoms with E-state index in [2.05, 4.69) is 0 Å². The van der Waals surface area contributed by atoms with Crippen LogP contribution < -0.4 is 0 Å². The van der Waals surface area contributed by atoms with E-state index in [1.165, 1.54) is 6.26 Å². The molecular formula is C18H11NO3. The summed E-state index contributed by atoms with van der Waals surface area (Å²) >= 11 is 0. The van der Waals surface area contributed by atoms with Crippen LogP contribution in [0.1, 0.15) is 31.8 Å². The number of furan rings is 1. The molecule has 4 heteroatoms. The summed E-state index contributed by atoms with van der Waals surface area (Å²) in [5.41, 5.74) is 2.59. The molecule has 0 aliphatic heterocycles. The summed E-state index contributed by atoms with van der Waals surface area (Å²) in [6.45, 7) is 1.97. The van der Waals surface area contributed by atoms with Crippen LogP contribution in [0, 0.1) is 12.3 Å². The molecule has 4 nitrogen and oxygen atoms in total. The second kappa shape index (κ2) is 4.24. The highest BCUT2D eigenvalue weighted by molar-refractivity contribution is 6.55. The average molecular weight is 289 g/mol. The lowest BCUT2D eigenvalue weighted by molar-refractivity contribution is 0.0815. The lowest BCUT2D eigenvalue weighted by Gasteiger charge is -2.16. The zero-order valence-electron chi connectivity index (χ0n) is 11.8. The van der Waals surface area contributed by atoms with E-state index in [-0.39, 0.29) is 5.56 Å². The third-order valence-electron chi connectivity index (χ3n) is 4.16. The molecule has 2 aromatic carbocycles. The molecule has 1 N–H and O–H groups in total. The van der Waals surface area contributed by atoms with Gasteiger partial charge in [0.25, 0.3) is 0 Å². The first-order valence-corrected chi connectivity index (χ1v) is 6.87. The Morgan fingerprint density at radius 3 is 2.55 bits per heavy atom. The summed E-state index contributed by atoms with van der Waals surface area (Å²) in [7, 11) is 0. The van der Waals surface area contributed by atoms with Gasteiger partial charge in [0, 0.05) is 22.9 Å². The van der Waals surface area contributed by atoms with Gasteiger partial charge in [-0.2, -0.15) is 0 Å². The van der Waals surface area contributed by atoms with Gasteiger partial charge in [-0.05, 0) is 29.3 Å². The van der Waals surface area contributed by atoms with Crippen molar-refractivity contribution in [2.24, 2.45) is 0 Å². The maximum atomic E-state index is 12.6. The fourth-order valence-electron chi connectivity index (χ4n) is 3.09. The molecule has 0 spiro atoms. The molecule has 22 heavy (non-hydrogen) atoms. The Morgan fingerprint density at radius 2 is 1.77 bits per heavy atom. The van der Waals surface area contributed by atoms with E-state index in [9.17, 15) is 9.59 Å². The van der Waals surface area contributed by atoms with Crippen LogP contribution in [-0.2, 0) is 0 Å². The van der Waals surface area contributed by atoms with Crippen molar-refractivity contribution < 1.29 is 14.0 Å². The Kier molecular flexibility index (Phi) is 2.45. The van der Waals surface area contributed by atoms with E-state index >= 15 is 0 Å². The quantitative estimate of drug-likeness (QED) is 0.547. The van der Waals surface area contributed by atoms with Crippen molar-refractivity contribution in [3.05, 3.63) is 58.8 Å². The molecule has 106 valence electrons. The largest absolute Gasteiger partial charge is 0.463 e. The number of rotatable bonds is 1.